The van der Waals surface area contributed by atoms with Crippen LogP contribution in [0.2, 0.25) is 0 Å². The molecule has 358 valence electrons. The van der Waals surface area contributed by atoms with Crippen molar-refractivity contribution in [2.45, 2.75) is 78.0 Å². The average Bonchev–Trinajstić information content (AvgIpc) is 3.24. The Morgan fingerprint density at radius 2 is 0.985 bits per heavy atom. The first-order valence-electron chi connectivity index (χ1n) is 21.0. The van der Waals surface area contributed by atoms with Gasteiger partial charge in [-0.15, -0.1) is 0 Å². The third-order valence-electron chi connectivity index (χ3n) is 10.2. The maximum atomic E-state index is 12.2. The zero-order valence-electron chi connectivity index (χ0n) is 37.9. The molecule has 0 radical (unpaired) electrons. The Morgan fingerprint density at radius 1 is 0.606 bits per heavy atom. The van der Waals surface area contributed by atoms with E-state index in [1.54, 1.807) is 40.3 Å². The quantitative estimate of drug-likeness (QED) is 0.0460. The molecule has 0 aliphatic rings. The number of carbonyl (C=O) groups excluding carboxylic acids is 2. The molecule has 66 heavy (non-hydrogen) atoms. The minimum absolute atomic E-state index is 0.0277. The largest absolute Gasteiger partial charge is 0.481 e. The van der Waals surface area contributed by atoms with Crippen molar-refractivity contribution in [3.63, 3.8) is 0 Å². The average molecular weight is 1050 g/mol. The fourth-order valence-electron chi connectivity index (χ4n) is 6.46. The molecule has 2 aromatic heterocycles. The van der Waals surface area contributed by atoms with Crippen LogP contribution in [-0.2, 0) is 45.5 Å². The summed E-state index contributed by atoms with van der Waals surface area (Å²) in [7, 11) is 6.63. The number of hydrogen-bond acceptors (Lipinski definition) is 14. The molecule has 0 bridgehead atoms. The monoisotopic (exact) mass is 1040 g/mol. The first-order valence-corrected chi connectivity index (χ1v) is 22.6. The number of carbonyl (C=O) groups is 4. The lowest BCUT2D eigenvalue weighted by molar-refractivity contribution is -0.140. The molecule has 0 aliphatic heterocycles. The van der Waals surface area contributed by atoms with Crippen molar-refractivity contribution in [1.82, 2.24) is 30.4 Å². The summed E-state index contributed by atoms with van der Waals surface area (Å²) >= 11 is 7.13. The van der Waals surface area contributed by atoms with Crippen LogP contribution >= 0.6 is 31.9 Å². The number of nitrogens with zero attached hydrogens (tertiary/aromatic N) is 4. The Labute approximate surface area is 400 Å². The molecule has 2 heterocycles. The molecular weight excluding hydrogens is 988 g/mol. The number of aromatic nitrogens is 2. The highest BCUT2D eigenvalue weighted by atomic mass is 79.9. The number of nitrogens with one attached hydrogen (secondary N) is 2. The number of aliphatic hydroxyl groups excluding tert-OH is 2. The second-order valence-corrected chi connectivity index (χ2v) is 17.5. The number of ether oxygens (including phenoxy) is 4. The van der Waals surface area contributed by atoms with Crippen molar-refractivity contribution in [3.05, 3.63) is 90.9 Å². The Hall–Kier alpha value is -5.38. The van der Waals surface area contributed by atoms with Gasteiger partial charge in [-0.25, -0.2) is 0 Å². The van der Waals surface area contributed by atoms with Crippen molar-refractivity contribution in [3.8, 4) is 34.6 Å². The summed E-state index contributed by atoms with van der Waals surface area (Å²) in [4.78, 5) is 58.7. The van der Waals surface area contributed by atoms with Crippen molar-refractivity contribution in [2.75, 3.05) is 54.5 Å². The molecule has 0 aliphatic carbocycles. The third-order valence-corrected chi connectivity index (χ3v) is 11.3. The minimum atomic E-state index is -1.11. The second kappa shape index (κ2) is 26.1. The molecule has 2 aromatic carbocycles. The van der Waals surface area contributed by atoms with Gasteiger partial charge in [0, 0.05) is 65.5 Å². The van der Waals surface area contributed by atoms with E-state index in [0.717, 1.165) is 33.4 Å². The summed E-state index contributed by atoms with van der Waals surface area (Å²) in [6.07, 6.45) is -2.74. The summed E-state index contributed by atoms with van der Waals surface area (Å²) in [5.74, 6) is -1.49. The molecule has 18 nitrogen and oxygen atoms in total. The Morgan fingerprint density at radius 3 is 1.33 bits per heavy atom. The maximum Gasteiger partial charge on any atom is 0.306 e. The molecule has 0 saturated carbocycles. The van der Waals surface area contributed by atoms with E-state index in [4.69, 9.17) is 29.2 Å². The van der Waals surface area contributed by atoms with Gasteiger partial charge in [0.05, 0.1) is 60.1 Å². The molecule has 0 spiro atoms. The fourth-order valence-corrected chi connectivity index (χ4v) is 7.42. The highest BCUT2D eigenvalue weighted by Crippen LogP contribution is 2.35. The first kappa shape index (κ1) is 53.2. The topological polar surface area (TPSA) is 242 Å². The van der Waals surface area contributed by atoms with Gasteiger partial charge in [0.25, 0.3) is 0 Å². The lowest BCUT2D eigenvalue weighted by Gasteiger charge is -2.18. The Balaban J connectivity index is 1.52. The number of carboxylic acid groups (broad SMARTS) is 2. The summed E-state index contributed by atoms with van der Waals surface area (Å²) in [6, 6.07) is 15.4. The van der Waals surface area contributed by atoms with Gasteiger partial charge in [0.15, 0.2) is 0 Å². The van der Waals surface area contributed by atoms with Crippen molar-refractivity contribution in [1.29, 1.82) is 0 Å². The van der Waals surface area contributed by atoms with Crippen LogP contribution in [0.1, 0.15) is 59.1 Å². The first-order chi connectivity index (χ1) is 31.3. The summed E-state index contributed by atoms with van der Waals surface area (Å²) in [5, 5.41) is 44.1. The van der Waals surface area contributed by atoms with Crippen molar-refractivity contribution < 1.29 is 58.6 Å². The van der Waals surface area contributed by atoms with E-state index in [1.807, 2.05) is 50.2 Å². The van der Waals surface area contributed by atoms with Gasteiger partial charge in [-0.1, -0.05) is 36.4 Å². The second-order valence-electron chi connectivity index (χ2n) is 15.8. The predicted molar refractivity (Wildman–Crippen MR) is 251 cm³/mol. The van der Waals surface area contributed by atoms with Crippen LogP contribution < -0.4 is 29.6 Å². The van der Waals surface area contributed by atoms with Gasteiger partial charge in [-0.3, -0.25) is 19.2 Å². The number of carboxylic acids is 2. The molecular formula is C46H58Br2N6O12. The number of rotatable bonds is 27. The third kappa shape index (κ3) is 16.5. The van der Waals surface area contributed by atoms with Crippen LogP contribution in [0.4, 0.5) is 0 Å². The fraction of sp³-hybridized carbons (Fsp3) is 0.435. The van der Waals surface area contributed by atoms with Crippen LogP contribution in [0.15, 0.2) is 57.5 Å². The number of aliphatic carboxylic acids is 2. The standard InChI is InChI=1S/C46H58Br2N6O12/c1-27-29(25-65-45-37(47)17-31(21-49-23-33(55)19-41(59)60)43(51-45)63-15-13-39(57)53(3)4)9-7-11-35(27)36-12-8-10-30(28(36)2)26-66-46-38(48)18-32(22-50-24-34(56)20-42(61)62)44(52-46)64-16-14-40(58)54(5)6/h7-12,17-18,33-34,49-50,55-56H,13-16,19-26H2,1-6H3,(H,59,60)(H,61,62). The highest BCUT2D eigenvalue weighted by molar-refractivity contribution is 9.10. The molecule has 2 atom stereocenters. The SMILES string of the molecule is Cc1c(COc2nc(OCCC(=O)N(C)C)c(CNCC(O)CC(=O)O)cc2Br)cccc1-c1cccc(COc2nc(OCCC(=O)N(C)C)c(CNCC(O)CC(=O)O)cc2Br)c1C. The molecule has 0 saturated heterocycles. The van der Waals surface area contributed by atoms with E-state index in [1.165, 1.54) is 9.80 Å². The van der Waals surface area contributed by atoms with Gasteiger partial charge in [0.1, 0.15) is 13.2 Å². The smallest absolute Gasteiger partial charge is 0.306 e. The zero-order valence-corrected chi connectivity index (χ0v) is 41.0. The lowest BCUT2D eigenvalue weighted by Crippen LogP contribution is -2.28. The van der Waals surface area contributed by atoms with Gasteiger partial charge in [-0.2, -0.15) is 9.97 Å². The predicted octanol–water partition coefficient (Wildman–Crippen LogP) is 5.01. The summed E-state index contributed by atoms with van der Waals surface area (Å²) in [5.41, 5.74) is 6.94. The van der Waals surface area contributed by atoms with E-state index in [-0.39, 0.29) is 101 Å². The highest BCUT2D eigenvalue weighted by Gasteiger charge is 2.20. The van der Waals surface area contributed by atoms with Crippen molar-refractivity contribution >= 4 is 55.6 Å². The van der Waals surface area contributed by atoms with Gasteiger partial charge < -0.3 is 59.8 Å². The van der Waals surface area contributed by atoms with E-state index in [2.05, 4.69) is 52.5 Å². The van der Waals surface area contributed by atoms with E-state index < -0.39 is 37.0 Å². The molecule has 4 rings (SSSR count). The molecule has 4 aromatic rings. The van der Waals surface area contributed by atoms with E-state index in [9.17, 15) is 29.4 Å². The van der Waals surface area contributed by atoms with E-state index in [0.29, 0.717) is 20.1 Å². The number of hydrogen-bond donors (Lipinski definition) is 6. The maximum absolute atomic E-state index is 12.2. The molecule has 6 N–H and O–H groups in total. The van der Waals surface area contributed by atoms with Crippen LogP contribution in [0, 0.1) is 13.8 Å². The molecule has 2 amide bonds. The van der Waals surface area contributed by atoms with Crippen LogP contribution in [0.3, 0.4) is 0 Å². The summed E-state index contributed by atoms with van der Waals surface area (Å²) < 4.78 is 25.5. The van der Waals surface area contributed by atoms with Crippen molar-refractivity contribution in [2.24, 2.45) is 0 Å². The lowest BCUT2D eigenvalue weighted by atomic mass is 9.92. The number of pyridine rings is 2. The minimum Gasteiger partial charge on any atom is -0.481 e. The number of amides is 2. The van der Waals surface area contributed by atoms with Crippen LogP contribution in [0.5, 0.6) is 23.5 Å². The number of halogens is 2. The number of benzene rings is 2. The van der Waals surface area contributed by atoms with Crippen LogP contribution in [0.25, 0.3) is 11.1 Å². The molecule has 20 heteroatoms. The normalized spacial score (nSPS) is 12.0. The zero-order chi connectivity index (χ0) is 48.5. The van der Waals surface area contributed by atoms with Crippen LogP contribution in [-0.4, -0.2) is 131 Å². The van der Waals surface area contributed by atoms with Gasteiger partial charge in [0.2, 0.25) is 35.3 Å². The Bertz CT molecular complexity index is 2160. The van der Waals surface area contributed by atoms with E-state index >= 15 is 0 Å². The molecule has 0 fully saturated rings. The molecule has 2 unspecified atom stereocenters. The summed E-state index contributed by atoms with van der Waals surface area (Å²) in [6.45, 7) is 4.92. The number of aliphatic hydroxyl groups is 2. The van der Waals surface area contributed by atoms with Gasteiger partial charge in [-0.05, 0) is 91.2 Å². The Kier molecular flexibility index (Phi) is 21.0. The van der Waals surface area contributed by atoms with Gasteiger partial charge >= 0.3 is 11.9 Å².